The van der Waals surface area contributed by atoms with E-state index < -0.39 is 5.63 Å². The molecule has 0 bridgehead atoms. The lowest BCUT2D eigenvalue weighted by Crippen LogP contribution is -2.14. The molecule has 2 aliphatic carbocycles. The number of hydrogen-bond acceptors (Lipinski definition) is 5. The summed E-state index contributed by atoms with van der Waals surface area (Å²) in [6.07, 6.45) is 3.88. The number of carbonyl (C=O) groups is 2. The standard InChI is InChI=1S/C37H27NO4/c1-23-29-20-19-28(38(26-13-4-2-5-14-26)27-15-6-3-7-16-27)22-32(29)42-37(41)33(23)24-11-10-12-25(21-24)34-35(39)30-17-8-9-18-31(30)36(34)40/h2-9,13-22H,10-12H2,1H3. The van der Waals surface area contributed by atoms with Gasteiger partial charge in [0.2, 0.25) is 0 Å². The molecule has 204 valence electrons. The second kappa shape index (κ2) is 10.3. The first-order valence-electron chi connectivity index (χ1n) is 14.1. The zero-order valence-electron chi connectivity index (χ0n) is 23.1. The van der Waals surface area contributed by atoms with Crippen LogP contribution in [0.3, 0.4) is 0 Å². The Hall–Kier alpha value is -5.29. The number of Topliss-reactive ketones (excluding diaryl/α,β-unsaturated/α-hetero) is 2. The maximum atomic E-state index is 13.5. The van der Waals surface area contributed by atoms with Crippen molar-refractivity contribution in [3.8, 4) is 0 Å². The van der Waals surface area contributed by atoms with Crippen molar-refractivity contribution in [1.82, 2.24) is 0 Å². The number of para-hydroxylation sites is 2. The minimum absolute atomic E-state index is 0.225. The summed E-state index contributed by atoms with van der Waals surface area (Å²) in [5.74, 6) is -0.474. The number of hydrogen-bond donors (Lipinski definition) is 0. The molecule has 5 aromatic rings. The first-order chi connectivity index (χ1) is 20.5. The Kier molecular flexibility index (Phi) is 6.28. The largest absolute Gasteiger partial charge is 0.422 e. The molecule has 5 nitrogen and oxygen atoms in total. The topological polar surface area (TPSA) is 67.6 Å². The number of allylic oxidation sites excluding steroid dienone is 4. The Balaban J connectivity index is 1.33. The number of nitrogens with zero attached hydrogens (tertiary/aromatic N) is 1. The molecular weight excluding hydrogens is 522 g/mol. The van der Waals surface area contributed by atoms with Crippen LogP contribution in [-0.4, -0.2) is 11.6 Å². The van der Waals surface area contributed by atoms with E-state index in [1.807, 2.05) is 91.9 Å². The monoisotopic (exact) mass is 549 g/mol. The van der Waals surface area contributed by atoms with Gasteiger partial charge in [-0.05, 0) is 79.3 Å². The SMILES string of the molecule is Cc1c(C2=CC(=C3C(=O)c4ccccc4C3=O)CCC2)c(=O)oc2cc(N(c3ccccc3)c3ccccc3)ccc12. The third kappa shape index (κ3) is 4.22. The van der Waals surface area contributed by atoms with Crippen LogP contribution in [0.15, 0.2) is 130 Å². The summed E-state index contributed by atoms with van der Waals surface area (Å²) in [5, 5.41) is 0.843. The number of aryl methyl sites for hydroxylation is 1. The normalized spacial score (nSPS) is 14.7. The molecule has 0 fully saturated rings. The Morgan fingerprint density at radius 2 is 1.26 bits per heavy atom. The highest BCUT2D eigenvalue weighted by Crippen LogP contribution is 2.39. The van der Waals surface area contributed by atoms with E-state index in [4.69, 9.17) is 4.42 Å². The minimum atomic E-state index is -0.423. The highest BCUT2D eigenvalue weighted by Gasteiger charge is 2.35. The predicted octanol–water partition coefficient (Wildman–Crippen LogP) is 8.51. The van der Waals surface area contributed by atoms with Gasteiger partial charge >= 0.3 is 5.63 Å². The van der Waals surface area contributed by atoms with E-state index in [9.17, 15) is 14.4 Å². The number of fused-ring (bicyclic) bond motifs is 2. The van der Waals surface area contributed by atoms with Gasteiger partial charge < -0.3 is 9.32 Å². The zero-order chi connectivity index (χ0) is 28.8. The summed E-state index contributed by atoms with van der Waals surface area (Å²) in [7, 11) is 0. The molecule has 0 N–H and O–H groups in total. The molecule has 0 saturated heterocycles. The first kappa shape index (κ1) is 25.7. The quantitative estimate of drug-likeness (QED) is 0.128. The lowest BCUT2D eigenvalue weighted by atomic mass is 9.86. The van der Waals surface area contributed by atoms with Crippen molar-refractivity contribution < 1.29 is 14.0 Å². The molecule has 0 spiro atoms. The molecule has 5 heteroatoms. The van der Waals surface area contributed by atoms with Crippen molar-refractivity contribution in [2.24, 2.45) is 0 Å². The molecule has 1 heterocycles. The molecule has 42 heavy (non-hydrogen) atoms. The molecule has 1 aromatic heterocycles. The lowest BCUT2D eigenvalue weighted by molar-refractivity contribution is 0.0987. The van der Waals surface area contributed by atoms with Crippen molar-refractivity contribution >= 4 is 45.2 Å². The first-order valence-corrected chi connectivity index (χ1v) is 14.1. The number of rotatable bonds is 4. The van der Waals surface area contributed by atoms with Gasteiger partial charge in [-0.1, -0.05) is 66.7 Å². The second-order valence-corrected chi connectivity index (χ2v) is 10.7. The highest BCUT2D eigenvalue weighted by molar-refractivity contribution is 6.40. The number of carbonyl (C=O) groups excluding carboxylic acids is 2. The Morgan fingerprint density at radius 3 is 1.88 bits per heavy atom. The van der Waals surface area contributed by atoms with E-state index in [0.717, 1.165) is 40.0 Å². The summed E-state index contributed by atoms with van der Waals surface area (Å²) in [6, 6.07) is 33.0. The van der Waals surface area contributed by atoms with Crippen LogP contribution in [0, 0.1) is 6.92 Å². The van der Waals surface area contributed by atoms with Gasteiger partial charge in [0.25, 0.3) is 0 Å². The Morgan fingerprint density at radius 1 is 0.667 bits per heavy atom. The lowest BCUT2D eigenvalue weighted by Gasteiger charge is -2.25. The summed E-state index contributed by atoms with van der Waals surface area (Å²) in [5.41, 5.74) is 6.87. The predicted molar refractivity (Wildman–Crippen MR) is 166 cm³/mol. The molecule has 0 amide bonds. The molecular formula is C37H27NO4. The summed E-state index contributed by atoms with van der Waals surface area (Å²) in [6.45, 7) is 1.93. The smallest absolute Gasteiger partial charge is 0.344 e. The van der Waals surface area contributed by atoms with E-state index in [2.05, 4.69) is 4.90 Å². The Labute approximate surface area is 243 Å². The van der Waals surface area contributed by atoms with E-state index >= 15 is 0 Å². The molecule has 2 aliphatic rings. The van der Waals surface area contributed by atoms with Crippen LogP contribution < -0.4 is 10.5 Å². The van der Waals surface area contributed by atoms with Crippen molar-refractivity contribution in [1.29, 1.82) is 0 Å². The van der Waals surface area contributed by atoms with E-state index in [0.29, 0.717) is 40.7 Å². The molecule has 4 aromatic carbocycles. The van der Waals surface area contributed by atoms with E-state index in [-0.39, 0.29) is 17.1 Å². The molecule has 0 atom stereocenters. The van der Waals surface area contributed by atoms with Crippen LogP contribution in [0.1, 0.15) is 51.1 Å². The fourth-order valence-corrected chi connectivity index (χ4v) is 6.22. The van der Waals surface area contributed by atoms with Gasteiger partial charge in [0.05, 0.1) is 11.1 Å². The zero-order valence-corrected chi connectivity index (χ0v) is 23.1. The Bertz CT molecular complexity index is 1940. The molecule has 7 rings (SSSR count). The summed E-state index contributed by atoms with van der Waals surface area (Å²) >= 11 is 0. The summed E-state index contributed by atoms with van der Waals surface area (Å²) in [4.78, 5) is 42.0. The van der Waals surface area contributed by atoms with Gasteiger partial charge in [0.1, 0.15) is 5.58 Å². The van der Waals surface area contributed by atoms with Crippen LogP contribution in [0.2, 0.25) is 0 Å². The van der Waals surface area contributed by atoms with Crippen molar-refractivity contribution in [2.45, 2.75) is 26.2 Å². The van der Waals surface area contributed by atoms with Crippen molar-refractivity contribution in [3.05, 3.63) is 153 Å². The van der Waals surface area contributed by atoms with Crippen LogP contribution >= 0.6 is 0 Å². The van der Waals surface area contributed by atoms with Crippen LogP contribution in [-0.2, 0) is 0 Å². The van der Waals surface area contributed by atoms with Gasteiger partial charge in [-0.25, -0.2) is 4.79 Å². The van der Waals surface area contributed by atoms with Crippen molar-refractivity contribution in [2.75, 3.05) is 4.90 Å². The third-order valence-corrected chi connectivity index (χ3v) is 8.19. The maximum Gasteiger partial charge on any atom is 0.344 e. The molecule has 0 aliphatic heterocycles. The number of anilines is 3. The molecule has 0 saturated carbocycles. The fourth-order valence-electron chi connectivity index (χ4n) is 6.22. The summed E-state index contributed by atoms with van der Waals surface area (Å²) < 4.78 is 5.97. The average molecular weight is 550 g/mol. The molecule has 0 unspecified atom stereocenters. The van der Waals surface area contributed by atoms with E-state index in [1.165, 1.54) is 0 Å². The van der Waals surface area contributed by atoms with Crippen LogP contribution in [0.5, 0.6) is 0 Å². The van der Waals surface area contributed by atoms with Crippen molar-refractivity contribution in [3.63, 3.8) is 0 Å². The molecule has 0 radical (unpaired) electrons. The van der Waals surface area contributed by atoms with Gasteiger partial charge in [-0.15, -0.1) is 0 Å². The van der Waals surface area contributed by atoms with Gasteiger partial charge in [0, 0.05) is 39.6 Å². The second-order valence-electron chi connectivity index (χ2n) is 10.7. The fraction of sp³-hybridized carbons (Fsp3) is 0.108. The average Bonchev–Trinajstić information content (AvgIpc) is 3.28. The van der Waals surface area contributed by atoms with Gasteiger partial charge in [0.15, 0.2) is 11.6 Å². The van der Waals surface area contributed by atoms with Gasteiger partial charge in [-0.3, -0.25) is 9.59 Å². The highest BCUT2D eigenvalue weighted by atomic mass is 16.4. The number of benzene rings is 4. The maximum absolute atomic E-state index is 13.5. The van der Waals surface area contributed by atoms with Crippen LogP contribution in [0.4, 0.5) is 17.1 Å². The minimum Gasteiger partial charge on any atom is -0.422 e. The van der Waals surface area contributed by atoms with E-state index in [1.54, 1.807) is 24.3 Å². The van der Waals surface area contributed by atoms with Gasteiger partial charge in [-0.2, -0.15) is 0 Å². The van der Waals surface area contributed by atoms with Crippen LogP contribution in [0.25, 0.3) is 16.5 Å². The third-order valence-electron chi connectivity index (χ3n) is 8.19. The number of ketones is 2.